The molecule has 8 nitrogen and oxygen atoms in total. The van der Waals surface area contributed by atoms with Crippen LogP contribution < -0.4 is 15.1 Å². The first-order valence-electron chi connectivity index (χ1n) is 12.1. The van der Waals surface area contributed by atoms with Crippen molar-refractivity contribution in [2.45, 2.75) is 36.8 Å². The number of likely N-dealkylation sites (N-methyl/N-ethyl adjacent to an activating group) is 1. The number of amides is 3. The quantitative estimate of drug-likeness (QED) is 0.757. The van der Waals surface area contributed by atoms with Crippen LogP contribution in [0.2, 0.25) is 0 Å². The molecule has 5 rings (SSSR count). The molecule has 3 amide bonds. The number of carbonyl (C=O) groups is 2. The molecule has 1 aromatic carbocycles. The number of urea groups is 1. The zero-order valence-electron chi connectivity index (χ0n) is 20.3. The Kier molecular flexibility index (Phi) is 5.72. The fourth-order valence-corrected chi connectivity index (χ4v) is 5.76. The summed E-state index contributed by atoms with van der Waals surface area (Å²) in [5, 5.41) is 3.31. The van der Waals surface area contributed by atoms with E-state index in [9.17, 15) is 9.59 Å². The first-order valence-corrected chi connectivity index (χ1v) is 12.1. The number of anilines is 2. The highest BCUT2D eigenvalue weighted by Crippen LogP contribution is 2.46. The van der Waals surface area contributed by atoms with Gasteiger partial charge in [-0.2, -0.15) is 0 Å². The number of hydrogen-bond donors (Lipinski definition) is 1. The maximum absolute atomic E-state index is 13.0. The number of nitrogens with one attached hydrogen (secondary N) is 1. The fourth-order valence-electron chi connectivity index (χ4n) is 5.76. The summed E-state index contributed by atoms with van der Waals surface area (Å²) in [6.07, 6.45) is 5.60. The first-order chi connectivity index (χ1) is 16.3. The van der Waals surface area contributed by atoms with Crippen LogP contribution in [0.5, 0.6) is 0 Å². The zero-order chi connectivity index (χ0) is 23.9. The van der Waals surface area contributed by atoms with Crippen LogP contribution in [0.15, 0.2) is 48.7 Å². The topological polar surface area (TPSA) is 72.0 Å². The monoisotopic (exact) mass is 462 g/mol. The molecule has 2 aliphatic heterocycles. The molecule has 3 fully saturated rings. The first kappa shape index (κ1) is 22.7. The summed E-state index contributed by atoms with van der Waals surface area (Å²) in [4.78, 5) is 37.5. The Bertz CT molecular complexity index is 1050. The average molecular weight is 463 g/mol. The smallest absolute Gasteiger partial charge is 0.322 e. The van der Waals surface area contributed by atoms with Gasteiger partial charge in [0.2, 0.25) is 5.91 Å². The largest absolute Gasteiger partial charge is 0.346 e. The minimum Gasteiger partial charge on any atom is -0.346 e. The number of rotatable bonds is 4. The van der Waals surface area contributed by atoms with Crippen LogP contribution in [0.4, 0.5) is 16.3 Å². The molecule has 180 valence electrons. The molecule has 1 spiro atoms. The molecular weight excluding hydrogens is 428 g/mol. The van der Waals surface area contributed by atoms with E-state index in [0.717, 1.165) is 43.7 Å². The molecule has 2 aromatic rings. The van der Waals surface area contributed by atoms with Crippen LogP contribution in [0, 0.1) is 0 Å². The van der Waals surface area contributed by atoms with E-state index in [0.29, 0.717) is 19.6 Å². The molecule has 3 heterocycles. The van der Waals surface area contributed by atoms with Gasteiger partial charge in [0.1, 0.15) is 5.82 Å². The summed E-state index contributed by atoms with van der Waals surface area (Å²) in [6, 6.07) is 14.5. The van der Waals surface area contributed by atoms with Gasteiger partial charge in [-0.1, -0.05) is 30.3 Å². The van der Waals surface area contributed by atoms with Crippen molar-refractivity contribution in [2.24, 2.45) is 0 Å². The van der Waals surface area contributed by atoms with E-state index in [1.54, 1.807) is 11.1 Å². The standard InChI is InChI=1S/C26H34N6O2/c1-29(2)26(20-7-5-4-6-8-20)13-11-25(12-14-26)19-32(24(34)28-25)21-9-10-22(27-17-21)31-16-15-30(3)23(33)18-31/h4-10,17H,11-16,18-19H2,1-3H3,(H,28,34)/t25-,26+. The SMILES string of the molecule is CN1CCN(c2ccc(N3C[C@]4(CC[C@](c5ccccc5)(N(C)C)CC4)NC3=O)cn2)CC1=O. The summed E-state index contributed by atoms with van der Waals surface area (Å²) in [6.45, 7) is 2.44. The van der Waals surface area contributed by atoms with Crippen LogP contribution in [-0.4, -0.2) is 79.6 Å². The molecule has 0 atom stereocenters. The van der Waals surface area contributed by atoms with Crippen molar-refractivity contribution in [1.29, 1.82) is 0 Å². The molecule has 1 aromatic heterocycles. The van der Waals surface area contributed by atoms with Gasteiger partial charge in [-0.15, -0.1) is 0 Å². The van der Waals surface area contributed by atoms with Crippen molar-refractivity contribution in [3.05, 3.63) is 54.2 Å². The number of hydrogen-bond acceptors (Lipinski definition) is 5. The molecule has 34 heavy (non-hydrogen) atoms. The second-order valence-corrected chi connectivity index (χ2v) is 10.2. The number of carbonyl (C=O) groups excluding carboxylic acids is 2. The number of nitrogens with zero attached hydrogens (tertiary/aromatic N) is 5. The highest BCUT2D eigenvalue weighted by Gasteiger charge is 2.50. The van der Waals surface area contributed by atoms with E-state index in [4.69, 9.17) is 0 Å². The second kappa shape index (κ2) is 8.58. The van der Waals surface area contributed by atoms with Crippen molar-refractivity contribution >= 4 is 23.4 Å². The highest BCUT2D eigenvalue weighted by molar-refractivity contribution is 5.95. The second-order valence-electron chi connectivity index (χ2n) is 10.2. The Morgan fingerprint density at radius 1 is 0.971 bits per heavy atom. The van der Waals surface area contributed by atoms with Gasteiger partial charge in [0, 0.05) is 25.7 Å². The number of piperazine rings is 1. The number of benzene rings is 1. The van der Waals surface area contributed by atoms with Gasteiger partial charge in [0.15, 0.2) is 0 Å². The molecule has 1 saturated carbocycles. The highest BCUT2D eigenvalue weighted by atomic mass is 16.2. The minimum atomic E-state index is -0.214. The number of aromatic nitrogens is 1. The van der Waals surface area contributed by atoms with Crippen molar-refractivity contribution in [1.82, 2.24) is 20.1 Å². The van der Waals surface area contributed by atoms with Gasteiger partial charge in [-0.25, -0.2) is 9.78 Å². The summed E-state index contributed by atoms with van der Waals surface area (Å²) < 4.78 is 0. The lowest BCUT2D eigenvalue weighted by molar-refractivity contribution is -0.129. The van der Waals surface area contributed by atoms with Gasteiger partial charge in [0.05, 0.1) is 30.5 Å². The third kappa shape index (κ3) is 3.90. The predicted octanol–water partition coefficient (Wildman–Crippen LogP) is 2.66. The molecule has 8 heteroatoms. The Hall–Kier alpha value is -3.13. The predicted molar refractivity (Wildman–Crippen MR) is 133 cm³/mol. The van der Waals surface area contributed by atoms with Gasteiger partial charge in [-0.3, -0.25) is 14.6 Å². The van der Waals surface area contributed by atoms with Gasteiger partial charge in [-0.05, 0) is 57.5 Å². The Balaban J connectivity index is 1.28. The van der Waals surface area contributed by atoms with Crippen molar-refractivity contribution in [2.75, 3.05) is 57.1 Å². The molecule has 0 bridgehead atoms. The van der Waals surface area contributed by atoms with Gasteiger partial charge in [0.25, 0.3) is 0 Å². The van der Waals surface area contributed by atoms with E-state index < -0.39 is 0 Å². The van der Waals surface area contributed by atoms with Crippen LogP contribution >= 0.6 is 0 Å². The summed E-state index contributed by atoms with van der Waals surface area (Å²) in [5.41, 5.74) is 1.92. The van der Waals surface area contributed by atoms with Crippen LogP contribution in [-0.2, 0) is 10.3 Å². The number of pyridine rings is 1. The Labute approximate surface area is 201 Å². The maximum atomic E-state index is 13.0. The van der Waals surface area contributed by atoms with Crippen LogP contribution in [0.25, 0.3) is 0 Å². The van der Waals surface area contributed by atoms with E-state index in [1.807, 2.05) is 29.0 Å². The van der Waals surface area contributed by atoms with Gasteiger partial charge < -0.3 is 15.1 Å². The third-order valence-electron chi connectivity index (χ3n) is 8.10. The van der Waals surface area contributed by atoms with Crippen molar-refractivity contribution in [3.8, 4) is 0 Å². The molecular formula is C26H34N6O2. The Morgan fingerprint density at radius 3 is 2.32 bits per heavy atom. The van der Waals surface area contributed by atoms with Crippen molar-refractivity contribution in [3.63, 3.8) is 0 Å². The van der Waals surface area contributed by atoms with E-state index in [1.165, 1.54) is 5.56 Å². The van der Waals surface area contributed by atoms with Crippen molar-refractivity contribution < 1.29 is 9.59 Å². The summed E-state index contributed by atoms with van der Waals surface area (Å²) in [7, 11) is 6.14. The third-order valence-corrected chi connectivity index (χ3v) is 8.10. The molecule has 2 saturated heterocycles. The fraction of sp³-hybridized carbons (Fsp3) is 0.500. The normalized spacial score (nSPS) is 27.6. The molecule has 0 unspecified atom stereocenters. The van der Waals surface area contributed by atoms with Gasteiger partial charge >= 0.3 is 6.03 Å². The molecule has 1 aliphatic carbocycles. The van der Waals surface area contributed by atoms with Crippen LogP contribution in [0.1, 0.15) is 31.2 Å². The minimum absolute atomic E-state index is 0.00614. The molecule has 1 N–H and O–H groups in total. The molecule has 3 aliphatic rings. The lowest BCUT2D eigenvalue weighted by Gasteiger charge is -2.48. The molecule has 0 radical (unpaired) electrons. The zero-order valence-corrected chi connectivity index (χ0v) is 20.3. The van der Waals surface area contributed by atoms with E-state index in [2.05, 4.69) is 59.6 Å². The van der Waals surface area contributed by atoms with E-state index >= 15 is 0 Å². The lowest BCUT2D eigenvalue weighted by atomic mass is 9.69. The summed E-state index contributed by atoms with van der Waals surface area (Å²) >= 11 is 0. The van der Waals surface area contributed by atoms with Crippen LogP contribution in [0.3, 0.4) is 0 Å². The van der Waals surface area contributed by atoms with E-state index in [-0.39, 0.29) is 23.0 Å². The average Bonchev–Trinajstić information content (AvgIpc) is 3.17. The Morgan fingerprint density at radius 2 is 1.71 bits per heavy atom. The lowest BCUT2D eigenvalue weighted by Crippen LogP contribution is -2.54. The maximum Gasteiger partial charge on any atom is 0.322 e. The summed E-state index contributed by atoms with van der Waals surface area (Å²) in [5.74, 6) is 0.871.